The zero-order valence-electron chi connectivity index (χ0n) is 7.26. The van der Waals surface area contributed by atoms with E-state index in [4.69, 9.17) is 0 Å². The molecule has 14 heavy (non-hydrogen) atoms. The molecule has 0 amide bonds. The van der Waals surface area contributed by atoms with Crippen LogP contribution in [-0.2, 0) is 4.74 Å². The number of carbonyl (C=O) groups excluding carboxylic acids is 1. The molecule has 2 rings (SSSR count). The van der Waals surface area contributed by atoms with Crippen LogP contribution in [0.25, 0.3) is 9.88 Å². The molecule has 0 atom stereocenters. The van der Waals surface area contributed by atoms with E-state index in [0.29, 0.717) is 5.69 Å². The first-order valence-corrected chi connectivity index (χ1v) is 5.50. The summed E-state index contributed by atoms with van der Waals surface area (Å²) in [5.41, 5.74) is 2.08. The molecule has 0 radical (unpaired) electrons. The number of ether oxygens (including phenoxy) is 1. The first-order chi connectivity index (χ1) is 6.81. The van der Waals surface area contributed by atoms with Crippen LogP contribution in [0, 0.1) is 0 Å². The van der Waals surface area contributed by atoms with Gasteiger partial charge >= 0.3 is 5.97 Å². The Labute approximate surface area is 88.2 Å². The minimum atomic E-state index is -0.406. The lowest BCUT2D eigenvalue weighted by atomic mass is 10.5. The van der Waals surface area contributed by atoms with E-state index in [1.807, 2.05) is 0 Å². The van der Waals surface area contributed by atoms with Crippen LogP contribution in [0.1, 0.15) is 10.5 Å². The van der Waals surface area contributed by atoms with Crippen LogP contribution in [0.2, 0.25) is 0 Å². The number of nitrogens with zero attached hydrogens (tertiary/aromatic N) is 2. The van der Waals surface area contributed by atoms with Crippen LogP contribution in [-0.4, -0.2) is 23.0 Å². The lowest BCUT2D eigenvalue weighted by Crippen LogP contribution is -2.00. The van der Waals surface area contributed by atoms with Gasteiger partial charge in [0.05, 0.1) is 17.5 Å². The first kappa shape index (κ1) is 9.29. The van der Waals surface area contributed by atoms with Gasteiger partial charge in [-0.2, -0.15) is 0 Å². The third kappa shape index (κ3) is 1.66. The van der Waals surface area contributed by atoms with Gasteiger partial charge in [-0.15, -0.1) is 22.7 Å². The molecule has 0 fully saturated rings. The van der Waals surface area contributed by atoms with Crippen molar-refractivity contribution in [3.05, 3.63) is 22.8 Å². The summed E-state index contributed by atoms with van der Waals surface area (Å²) in [6, 6.07) is 0. The topological polar surface area (TPSA) is 52.1 Å². The standard InChI is InChI=1S/C8H6N2O2S2/c1-12-8(11)5-3-13-7(10-5)6-2-9-4-14-6/h2-4H,1H3. The SMILES string of the molecule is COC(=O)c1csc(-c2cncs2)n1. The van der Waals surface area contributed by atoms with Crippen molar-refractivity contribution < 1.29 is 9.53 Å². The van der Waals surface area contributed by atoms with Gasteiger partial charge in [0.1, 0.15) is 5.01 Å². The van der Waals surface area contributed by atoms with Gasteiger partial charge < -0.3 is 4.74 Å². The molecule has 2 aromatic rings. The van der Waals surface area contributed by atoms with E-state index in [9.17, 15) is 4.79 Å². The molecule has 0 aromatic carbocycles. The Morgan fingerprint density at radius 1 is 1.50 bits per heavy atom. The summed E-state index contributed by atoms with van der Waals surface area (Å²) in [6.45, 7) is 0. The molecule has 0 spiro atoms. The zero-order chi connectivity index (χ0) is 9.97. The molecule has 0 aliphatic rings. The monoisotopic (exact) mass is 226 g/mol. The van der Waals surface area contributed by atoms with Gasteiger partial charge in [-0.3, -0.25) is 4.98 Å². The Kier molecular flexibility index (Phi) is 2.55. The fourth-order valence-corrected chi connectivity index (χ4v) is 2.39. The van der Waals surface area contributed by atoms with Crippen molar-refractivity contribution >= 4 is 28.6 Å². The van der Waals surface area contributed by atoms with E-state index in [1.165, 1.54) is 29.8 Å². The van der Waals surface area contributed by atoms with Crippen LogP contribution in [0.15, 0.2) is 17.1 Å². The fourth-order valence-electron chi connectivity index (χ4n) is 0.907. The zero-order valence-corrected chi connectivity index (χ0v) is 8.89. The highest BCUT2D eigenvalue weighted by molar-refractivity contribution is 7.20. The highest BCUT2D eigenvalue weighted by Gasteiger charge is 2.12. The second-order valence-corrected chi connectivity index (χ2v) is 4.14. The van der Waals surface area contributed by atoms with Crippen molar-refractivity contribution in [2.45, 2.75) is 0 Å². The molecular weight excluding hydrogens is 220 g/mol. The number of rotatable bonds is 2. The molecule has 2 heterocycles. The number of esters is 1. The minimum Gasteiger partial charge on any atom is -0.464 e. The maximum Gasteiger partial charge on any atom is 0.357 e. The Bertz CT molecular complexity index is 436. The van der Waals surface area contributed by atoms with Gasteiger partial charge in [0.2, 0.25) is 0 Å². The number of methoxy groups -OCH3 is 1. The number of hydrogen-bond acceptors (Lipinski definition) is 6. The van der Waals surface area contributed by atoms with Crippen molar-refractivity contribution in [3.63, 3.8) is 0 Å². The van der Waals surface area contributed by atoms with E-state index in [2.05, 4.69) is 14.7 Å². The molecular formula is C8H6N2O2S2. The first-order valence-electron chi connectivity index (χ1n) is 3.74. The number of carbonyl (C=O) groups is 1. The molecule has 0 saturated heterocycles. The smallest absolute Gasteiger partial charge is 0.357 e. The predicted molar refractivity (Wildman–Crippen MR) is 54.6 cm³/mol. The molecule has 6 heteroatoms. The van der Waals surface area contributed by atoms with Crippen molar-refractivity contribution in [1.82, 2.24) is 9.97 Å². The summed E-state index contributed by atoms with van der Waals surface area (Å²) < 4.78 is 4.56. The van der Waals surface area contributed by atoms with Gasteiger partial charge in [0, 0.05) is 11.6 Å². The molecule has 72 valence electrons. The fraction of sp³-hybridized carbons (Fsp3) is 0.125. The quantitative estimate of drug-likeness (QED) is 0.735. The molecule has 0 unspecified atom stereocenters. The summed E-state index contributed by atoms with van der Waals surface area (Å²) in [6.07, 6.45) is 1.73. The average molecular weight is 226 g/mol. The van der Waals surface area contributed by atoms with Crippen LogP contribution in [0.3, 0.4) is 0 Å². The van der Waals surface area contributed by atoms with Gasteiger partial charge in [0.15, 0.2) is 5.69 Å². The summed E-state index contributed by atoms with van der Waals surface area (Å²) in [5, 5.41) is 2.48. The summed E-state index contributed by atoms with van der Waals surface area (Å²) in [5.74, 6) is -0.406. The van der Waals surface area contributed by atoms with Gasteiger partial charge in [-0.05, 0) is 0 Å². The summed E-state index contributed by atoms with van der Waals surface area (Å²) in [4.78, 5) is 20.1. The van der Waals surface area contributed by atoms with Gasteiger partial charge in [-0.1, -0.05) is 0 Å². The second-order valence-electron chi connectivity index (χ2n) is 2.40. The highest BCUT2D eigenvalue weighted by Crippen LogP contribution is 2.26. The molecule has 0 aliphatic carbocycles. The van der Waals surface area contributed by atoms with Crippen LogP contribution in [0.5, 0.6) is 0 Å². The van der Waals surface area contributed by atoms with Crippen molar-refractivity contribution in [3.8, 4) is 9.88 Å². The van der Waals surface area contributed by atoms with E-state index in [1.54, 1.807) is 17.1 Å². The Balaban J connectivity index is 2.31. The molecule has 0 saturated carbocycles. The van der Waals surface area contributed by atoms with E-state index >= 15 is 0 Å². The molecule has 0 bridgehead atoms. The molecule has 0 N–H and O–H groups in total. The van der Waals surface area contributed by atoms with Crippen molar-refractivity contribution in [1.29, 1.82) is 0 Å². The summed E-state index contributed by atoms with van der Waals surface area (Å²) >= 11 is 2.90. The van der Waals surface area contributed by atoms with Gasteiger partial charge in [-0.25, -0.2) is 9.78 Å². The van der Waals surface area contributed by atoms with E-state index in [-0.39, 0.29) is 0 Å². The number of thiazole rings is 2. The van der Waals surface area contributed by atoms with Crippen molar-refractivity contribution in [2.75, 3.05) is 7.11 Å². The maximum absolute atomic E-state index is 11.1. The molecule has 2 aromatic heterocycles. The van der Waals surface area contributed by atoms with Crippen LogP contribution >= 0.6 is 22.7 Å². The maximum atomic E-state index is 11.1. The lowest BCUT2D eigenvalue weighted by molar-refractivity contribution is 0.0595. The summed E-state index contributed by atoms with van der Waals surface area (Å²) in [7, 11) is 1.34. The second kappa shape index (κ2) is 3.85. The van der Waals surface area contributed by atoms with Crippen LogP contribution < -0.4 is 0 Å². The Morgan fingerprint density at radius 2 is 2.36 bits per heavy atom. The van der Waals surface area contributed by atoms with Crippen molar-refractivity contribution in [2.24, 2.45) is 0 Å². The lowest BCUT2D eigenvalue weighted by Gasteiger charge is -1.91. The third-order valence-corrected chi connectivity index (χ3v) is 3.33. The Morgan fingerprint density at radius 3 is 3.00 bits per heavy atom. The van der Waals surface area contributed by atoms with Gasteiger partial charge in [0.25, 0.3) is 0 Å². The average Bonchev–Trinajstić information content (AvgIpc) is 2.86. The minimum absolute atomic E-state index is 0.348. The number of hydrogen-bond donors (Lipinski definition) is 0. The van der Waals surface area contributed by atoms with E-state index < -0.39 is 5.97 Å². The molecule has 4 nitrogen and oxygen atoms in total. The van der Waals surface area contributed by atoms with E-state index in [0.717, 1.165) is 9.88 Å². The largest absolute Gasteiger partial charge is 0.464 e. The number of aromatic nitrogens is 2. The highest BCUT2D eigenvalue weighted by atomic mass is 32.1. The molecule has 0 aliphatic heterocycles. The Hall–Kier alpha value is -1.27. The predicted octanol–water partition coefficient (Wildman–Crippen LogP) is 2.05. The normalized spacial score (nSPS) is 10.1. The third-order valence-electron chi connectivity index (χ3n) is 1.54. The van der Waals surface area contributed by atoms with Crippen LogP contribution in [0.4, 0.5) is 0 Å².